The van der Waals surface area contributed by atoms with Gasteiger partial charge in [-0.2, -0.15) is 0 Å². The van der Waals surface area contributed by atoms with E-state index in [9.17, 15) is 0 Å². The van der Waals surface area contributed by atoms with Crippen LogP contribution in [0.5, 0.6) is 0 Å². The zero-order valence-electron chi connectivity index (χ0n) is 11.2. The van der Waals surface area contributed by atoms with Gasteiger partial charge in [0.1, 0.15) is 0 Å². The minimum atomic E-state index is -1.75. The smallest absolute Gasteiger partial charge is 0.356 e. The fourth-order valence-corrected chi connectivity index (χ4v) is 0. The monoisotopic (exact) mass is 652 g/mol. The van der Waals surface area contributed by atoms with Gasteiger partial charge >= 0.3 is 76.9 Å². The van der Waals surface area contributed by atoms with Crippen molar-refractivity contribution in [3.05, 3.63) is 91.9 Å². The minimum Gasteiger partial charge on any atom is -0.356 e. The Balaban J connectivity index is -0.0000000245. The third-order valence-corrected chi connectivity index (χ3v) is 0. The summed E-state index contributed by atoms with van der Waals surface area (Å²) in [6.07, 6.45) is 0. The Morgan fingerprint density at radius 2 is 0.308 bits per heavy atom. The van der Waals surface area contributed by atoms with Gasteiger partial charge in [-0.3, -0.25) is 0 Å². The SMILES string of the molecule is O=[N+]([O-])[O-].O=[N+]([O-])[O-].O=[N+]([O-])[O-].O=[N+]([O-])[O-].O=[N+]([O-])[O-].O=[N+]([O-])[O-].[La+3].[Pr+3]. The van der Waals surface area contributed by atoms with Crippen molar-refractivity contribution in [3.63, 3.8) is 0 Å². The molecule has 0 aromatic rings. The average molecular weight is 652 g/mol. The Bertz CT molecular complexity index is 263. The molecule has 26 heavy (non-hydrogen) atoms. The summed E-state index contributed by atoms with van der Waals surface area (Å²) in [4.78, 5) is 49.5. The van der Waals surface area contributed by atoms with Crippen LogP contribution >= 0.6 is 0 Å². The summed E-state index contributed by atoms with van der Waals surface area (Å²) in [5, 5.41) is 88.5. The first-order chi connectivity index (χ1) is 10.4. The first-order valence-corrected chi connectivity index (χ1v) is 3.29. The Morgan fingerprint density at radius 1 is 0.308 bits per heavy atom. The molecule has 0 unspecified atom stereocenters. The summed E-state index contributed by atoms with van der Waals surface area (Å²) in [6.45, 7) is 0. The van der Waals surface area contributed by atoms with Gasteiger partial charge in [0.05, 0.1) is 30.5 Å². The third-order valence-electron chi connectivity index (χ3n) is 0. The summed E-state index contributed by atoms with van der Waals surface area (Å²) in [7, 11) is 0. The molecular formula is LaN6O18Pr. The normalized spacial score (nSPS) is 5.54. The molecule has 0 rings (SSSR count). The van der Waals surface area contributed by atoms with E-state index in [-0.39, 0.29) is 76.9 Å². The summed E-state index contributed by atoms with van der Waals surface area (Å²) >= 11 is 0. The molecular weight excluding hydrogens is 652 g/mol. The van der Waals surface area contributed by atoms with Crippen LogP contribution in [0.25, 0.3) is 0 Å². The van der Waals surface area contributed by atoms with Crippen LogP contribution < -0.4 is 0 Å². The van der Waals surface area contributed by atoms with E-state index in [0.29, 0.717) is 0 Å². The van der Waals surface area contributed by atoms with Gasteiger partial charge in [0.2, 0.25) is 0 Å². The van der Waals surface area contributed by atoms with Crippen molar-refractivity contribution in [2.75, 3.05) is 0 Å². The molecule has 0 aliphatic carbocycles. The molecule has 0 aromatic carbocycles. The largest absolute Gasteiger partial charge is 3.00 e. The number of hydrogen-bond acceptors (Lipinski definition) is 18. The molecule has 0 heterocycles. The first kappa shape index (κ1) is 49.6. The van der Waals surface area contributed by atoms with Crippen LogP contribution in [0.1, 0.15) is 0 Å². The summed E-state index contributed by atoms with van der Waals surface area (Å²) < 4.78 is 0. The standard InChI is InChI=1S/La.6NO3.Pr/c;6*2-1(3)4;/q+3;6*-1;+3. The Labute approximate surface area is 197 Å². The molecule has 0 bridgehead atoms. The van der Waals surface area contributed by atoms with Crippen LogP contribution in [-0.2, 0) is 0 Å². The van der Waals surface area contributed by atoms with Gasteiger partial charge < -0.3 is 91.9 Å². The molecule has 0 saturated carbocycles. The van der Waals surface area contributed by atoms with E-state index in [1.165, 1.54) is 0 Å². The maximum Gasteiger partial charge on any atom is 3.00 e. The summed E-state index contributed by atoms with van der Waals surface area (Å²) in [5.41, 5.74) is 0. The molecule has 0 N–H and O–H groups in total. The number of nitrogens with zero attached hydrogens (tertiary/aromatic N) is 6. The molecule has 0 spiro atoms. The molecule has 0 aliphatic heterocycles. The van der Waals surface area contributed by atoms with Crippen molar-refractivity contribution in [1.29, 1.82) is 0 Å². The van der Waals surface area contributed by atoms with Gasteiger partial charge in [-0.05, 0) is 0 Å². The van der Waals surface area contributed by atoms with Crippen LogP contribution in [0.3, 0.4) is 0 Å². The molecule has 0 atom stereocenters. The van der Waals surface area contributed by atoms with E-state index in [4.69, 9.17) is 91.9 Å². The fraction of sp³-hybridized carbons (Fsp3) is 0. The number of rotatable bonds is 0. The predicted molar refractivity (Wildman–Crippen MR) is 62.2 cm³/mol. The second-order valence-corrected chi connectivity index (χ2v) is 1.34. The molecule has 0 amide bonds. The Hall–Kier alpha value is -2.24. The quantitative estimate of drug-likeness (QED) is 0.214. The second-order valence-electron chi connectivity index (χ2n) is 1.34. The molecule has 0 saturated heterocycles. The molecule has 0 fully saturated rings. The summed E-state index contributed by atoms with van der Waals surface area (Å²) in [5.74, 6) is 0. The van der Waals surface area contributed by atoms with Gasteiger partial charge in [-0.15, -0.1) is 0 Å². The van der Waals surface area contributed by atoms with E-state index in [2.05, 4.69) is 0 Å². The zero-order valence-corrected chi connectivity index (χ0v) is 18.5. The molecule has 0 aliphatic rings. The van der Waals surface area contributed by atoms with E-state index in [1.807, 2.05) is 0 Å². The molecule has 144 valence electrons. The van der Waals surface area contributed by atoms with Crippen molar-refractivity contribution in [2.45, 2.75) is 0 Å². The Morgan fingerprint density at radius 3 is 0.308 bits per heavy atom. The van der Waals surface area contributed by atoms with Crippen molar-refractivity contribution in [2.24, 2.45) is 0 Å². The van der Waals surface area contributed by atoms with Crippen LogP contribution in [-0.4, -0.2) is 30.5 Å². The minimum absolute atomic E-state index is 0. The van der Waals surface area contributed by atoms with Crippen LogP contribution in [0.4, 0.5) is 0 Å². The summed E-state index contributed by atoms with van der Waals surface area (Å²) in [6, 6.07) is 0. The zero-order chi connectivity index (χ0) is 21.5. The number of hydrogen-bond donors (Lipinski definition) is 0. The van der Waals surface area contributed by atoms with Crippen molar-refractivity contribution < 1.29 is 107 Å². The first-order valence-electron chi connectivity index (χ1n) is 3.29. The fourth-order valence-electron chi connectivity index (χ4n) is 0. The third kappa shape index (κ3) is 1870. The average Bonchev–Trinajstić information content (AvgIpc) is 2.08. The van der Waals surface area contributed by atoms with Crippen molar-refractivity contribution in [1.82, 2.24) is 0 Å². The van der Waals surface area contributed by atoms with Crippen molar-refractivity contribution in [3.8, 4) is 0 Å². The van der Waals surface area contributed by atoms with Gasteiger partial charge in [-0.25, -0.2) is 0 Å². The van der Waals surface area contributed by atoms with Crippen LogP contribution in [0.15, 0.2) is 0 Å². The van der Waals surface area contributed by atoms with Crippen LogP contribution in [0, 0.1) is 169 Å². The topological polar surface area (TPSA) is 397 Å². The van der Waals surface area contributed by atoms with Crippen molar-refractivity contribution >= 4 is 0 Å². The predicted octanol–water partition coefficient (Wildman–Crippen LogP) is -1.43. The Kier molecular flexibility index (Phi) is 82.7. The van der Waals surface area contributed by atoms with E-state index < -0.39 is 30.5 Å². The van der Waals surface area contributed by atoms with Gasteiger partial charge in [-0.1, -0.05) is 0 Å². The van der Waals surface area contributed by atoms with Gasteiger partial charge in [0.25, 0.3) is 0 Å². The molecule has 0 aromatic heterocycles. The van der Waals surface area contributed by atoms with E-state index in [1.54, 1.807) is 0 Å². The maximum absolute atomic E-state index is 8.25. The maximum atomic E-state index is 8.25. The van der Waals surface area contributed by atoms with Gasteiger partial charge in [0.15, 0.2) is 0 Å². The molecule has 26 heteroatoms. The molecule has 0 radical (unpaired) electrons. The van der Waals surface area contributed by atoms with E-state index >= 15 is 0 Å². The van der Waals surface area contributed by atoms with E-state index in [0.717, 1.165) is 0 Å². The molecule has 24 nitrogen and oxygen atoms in total. The van der Waals surface area contributed by atoms with Crippen LogP contribution in [0.2, 0.25) is 0 Å². The van der Waals surface area contributed by atoms with Gasteiger partial charge in [0, 0.05) is 0 Å². The second kappa shape index (κ2) is 43.4.